The fourth-order valence-electron chi connectivity index (χ4n) is 2.58. The first-order valence-electron chi connectivity index (χ1n) is 7.17. The molecule has 0 saturated heterocycles. The lowest BCUT2D eigenvalue weighted by atomic mass is 9.71. The summed E-state index contributed by atoms with van der Waals surface area (Å²) in [7, 11) is 0. The molecule has 116 valence electrons. The van der Waals surface area contributed by atoms with Crippen molar-refractivity contribution in [3.05, 3.63) is 32.7 Å². The number of benzene rings is 1. The normalized spacial score (nSPS) is 20.0. The average Bonchev–Trinajstić information content (AvgIpc) is 2.43. The van der Waals surface area contributed by atoms with E-state index in [-0.39, 0.29) is 5.91 Å². The van der Waals surface area contributed by atoms with E-state index < -0.39 is 5.60 Å². The topological polar surface area (TPSA) is 49.3 Å². The van der Waals surface area contributed by atoms with Crippen molar-refractivity contribution in [1.82, 2.24) is 5.32 Å². The van der Waals surface area contributed by atoms with Gasteiger partial charge in [0.2, 0.25) is 0 Å². The Labute approximate surface area is 142 Å². The minimum atomic E-state index is -0.774. The Morgan fingerprint density at radius 3 is 2.48 bits per heavy atom. The fraction of sp³-hybridized carbons (Fsp3) is 0.562. The van der Waals surface area contributed by atoms with E-state index in [1.165, 1.54) is 0 Å². The third-order valence-electron chi connectivity index (χ3n) is 4.29. The number of aliphatic hydroxyl groups is 1. The number of halogens is 2. The van der Waals surface area contributed by atoms with Crippen molar-refractivity contribution >= 4 is 37.8 Å². The summed E-state index contributed by atoms with van der Waals surface area (Å²) in [5.74, 6) is -0.165. The van der Waals surface area contributed by atoms with E-state index in [0.29, 0.717) is 17.5 Å². The second-order valence-electron chi connectivity index (χ2n) is 6.70. The van der Waals surface area contributed by atoms with E-state index in [0.717, 1.165) is 34.6 Å². The zero-order valence-electron chi connectivity index (χ0n) is 12.4. The van der Waals surface area contributed by atoms with E-state index in [4.69, 9.17) is 0 Å². The Balaban J connectivity index is 1.97. The van der Waals surface area contributed by atoms with Crippen molar-refractivity contribution in [3.63, 3.8) is 0 Å². The Morgan fingerprint density at radius 2 is 1.86 bits per heavy atom. The lowest BCUT2D eigenvalue weighted by molar-refractivity contribution is -0.0233. The van der Waals surface area contributed by atoms with Gasteiger partial charge in [0.25, 0.3) is 5.91 Å². The van der Waals surface area contributed by atoms with Crippen LogP contribution in [-0.2, 0) is 0 Å². The zero-order valence-corrected chi connectivity index (χ0v) is 15.6. The maximum atomic E-state index is 12.3. The molecule has 1 amide bonds. The number of hydrogen-bond acceptors (Lipinski definition) is 2. The summed E-state index contributed by atoms with van der Waals surface area (Å²) < 4.78 is 1.61. The highest BCUT2D eigenvalue weighted by Crippen LogP contribution is 2.39. The molecule has 0 spiro atoms. The molecule has 1 aromatic carbocycles. The van der Waals surface area contributed by atoms with Crippen LogP contribution in [0.2, 0.25) is 0 Å². The van der Waals surface area contributed by atoms with Crippen molar-refractivity contribution in [1.29, 1.82) is 0 Å². The van der Waals surface area contributed by atoms with Gasteiger partial charge in [-0.2, -0.15) is 0 Å². The summed E-state index contributed by atoms with van der Waals surface area (Å²) in [5, 5.41) is 13.5. The molecule has 1 fully saturated rings. The molecule has 1 aliphatic carbocycles. The molecule has 1 aromatic rings. The number of carbonyl (C=O) groups excluding carboxylic acids is 1. The van der Waals surface area contributed by atoms with Crippen molar-refractivity contribution in [2.24, 2.45) is 5.41 Å². The van der Waals surface area contributed by atoms with Gasteiger partial charge in [-0.1, -0.05) is 29.8 Å². The first-order chi connectivity index (χ1) is 9.71. The predicted octanol–water partition coefficient (Wildman–Crippen LogP) is 4.27. The van der Waals surface area contributed by atoms with Crippen molar-refractivity contribution in [3.8, 4) is 0 Å². The number of carbonyl (C=O) groups is 1. The Morgan fingerprint density at radius 1 is 1.24 bits per heavy atom. The maximum absolute atomic E-state index is 12.3. The lowest BCUT2D eigenvalue weighted by Crippen LogP contribution is -2.46. The second-order valence-corrected chi connectivity index (χ2v) is 8.47. The number of amides is 1. The molecule has 3 nitrogen and oxygen atoms in total. The first kappa shape index (κ1) is 17.0. The largest absolute Gasteiger partial charge is 0.388 e. The summed E-state index contributed by atoms with van der Waals surface area (Å²) in [6.45, 7) is 4.76. The monoisotopic (exact) mass is 417 g/mol. The van der Waals surface area contributed by atoms with E-state index in [1.54, 1.807) is 6.07 Å². The van der Waals surface area contributed by atoms with Crippen LogP contribution in [0.3, 0.4) is 0 Å². The number of nitrogens with one attached hydrogen (secondary N) is 1. The van der Waals surface area contributed by atoms with Gasteiger partial charge in [0.1, 0.15) is 0 Å². The molecular formula is C16H21Br2NO2. The van der Waals surface area contributed by atoms with Crippen LogP contribution in [0.4, 0.5) is 0 Å². The molecule has 1 aliphatic rings. The molecule has 0 aliphatic heterocycles. The first-order valence-corrected chi connectivity index (χ1v) is 8.75. The van der Waals surface area contributed by atoms with Crippen LogP contribution in [0.5, 0.6) is 0 Å². The summed E-state index contributed by atoms with van der Waals surface area (Å²) in [6, 6.07) is 5.47. The van der Waals surface area contributed by atoms with E-state index in [1.807, 2.05) is 12.1 Å². The second kappa shape index (κ2) is 6.39. The Bertz CT molecular complexity index is 533. The molecule has 0 unspecified atom stereocenters. The molecule has 0 heterocycles. The molecule has 5 heteroatoms. The van der Waals surface area contributed by atoms with E-state index in [9.17, 15) is 9.90 Å². The molecule has 0 atom stereocenters. The molecular weight excluding hydrogens is 398 g/mol. The molecule has 0 radical (unpaired) electrons. The van der Waals surface area contributed by atoms with Gasteiger partial charge in [0.05, 0.1) is 11.2 Å². The summed E-state index contributed by atoms with van der Waals surface area (Å²) in [6.07, 6.45) is 3.44. The van der Waals surface area contributed by atoms with Crippen molar-refractivity contribution in [2.75, 3.05) is 6.54 Å². The van der Waals surface area contributed by atoms with Gasteiger partial charge in [0, 0.05) is 15.5 Å². The molecule has 2 N–H and O–H groups in total. The lowest BCUT2D eigenvalue weighted by Gasteiger charge is -2.40. The van der Waals surface area contributed by atoms with Crippen LogP contribution >= 0.6 is 31.9 Å². The third kappa shape index (κ3) is 4.54. The number of rotatable bonds is 3. The third-order valence-corrected chi connectivity index (χ3v) is 5.47. The van der Waals surface area contributed by atoms with E-state index >= 15 is 0 Å². The smallest absolute Gasteiger partial charge is 0.252 e. The van der Waals surface area contributed by atoms with Gasteiger partial charge in [-0.15, -0.1) is 0 Å². The van der Waals surface area contributed by atoms with Crippen LogP contribution in [-0.4, -0.2) is 23.2 Å². The molecule has 21 heavy (non-hydrogen) atoms. The summed E-state index contributed by atoms with van der Waals surface area (Å²) in [4.78, 5) is 12.3. The number of hydrogen-bond donors (Lipinski definition) is 2. The van der Waals surface area contributed by atoms with Gasteiger partial charge < -0.3 is 10.4 Å². The maximum Gasteiger partial charge on any atom is 0.252 e. The molecule has 1 saturated carbocycles. The minimum Gasteiger partial charge on any atom is -0.388 e. The van der Waals surface area contributed by atoms with Crippen LogP contribution in [0.1, 0.15) is 49.9 Å². The Kier molecular flexibility index (Phi) is 5.16. The standard InChI is InChI=1S/C16H21Br2NO2/c1-15(2)5-7-16(21,8-6-15)10-19-14(20)12-9-11(17)3-4-13(12)18/h3-4,9,21H,5-8,10H2,1-2H3,(H,19,20). The zero-order chi connectivity index (χ0) is 15.7. The summed E-state index contributed by atoms with van der Waals surface area (Å²) in [5.41, 5.74) is 0.0943. The van der Waals surface area contributed by atoms with E-state index in [2.05, 4.69) is 51.0 Å². The van der Waals surface area contributed by atoms with Crippen LogP contribution in [0, 0.1) is 5.41 Å². The fourth-order valence-corrected chi connectivity index (χ4v) is 3.37. The molecule has 2 rings (SSSR count). The molecule has 0 bridgehead atoms. The average molecular weight is 419 g/mol. The van der Waals surface area contributed by atoms with Crippen molar-refractivity contribution < 1.29 is 9.90 Å². The molecule has 0 aromatic heterocycles. The highest BCUT2D eigenvalue weighted by Gasteiger charge is 2.36. The Hall–Kier alpha value is -0.390. The van der Waals surface area contributed by atoms with Gasteiger partial charge in [0.15, 0.2) is 0 Å². The summed E-state index contributed by atoms with van der Waals surface area (Å²) >= 11 is 6.75. The predicted molar refractivity (Wildman–Crippen MR) is 91.4 cm³/mol. The quantitative estimate of drug-likeness (QED) is 0.769. The minimum absolute atomic E-state index is 0.165. The highest BCUT2D eigenvalue weighted by molar-refractivity contribution is 9.11. The van der Waals surface area contributed by atoms with Crippen LogP contribution < -0.4 is 5.32 Å². The highest BCUT2D eigenvalue weighted by atomic mass is 79.9. The van der Waals surface area contributed by atoms with Crippen LogP contribution in [0.25, 0.3) is 0 Å². The van der Waals surface area contributed by atoms with Crippen molar-refractivity contribution in [2.45, 2.75) is 45.1 Å². The van der Waals surface area contributed by atoms with Gasteiger partial charge in [-0.05, 0) is 65.2 Å². The van der Waals surface area contributed by atoms with Gasteiger partial charge in [-0.3, -0.25) is 4.79 Å². The SMILES string of the molecule is CC1(C)CCC(O)(CNC(=O)c2cc(Br)ccc2Br)CC1. The van der Waals surface area contributed by atoms with Gasteiger partial charge in [-0.25, -0.2) is 0 Å². The van der Waals surface area contributed by atoms with Gasteiger partial charge >= 0.3 is 0 Å². The van der Waals surface area contributed by atoms with Crippen LogP contribution in [0.15, 0.2) is 27.1 Å².